The van der Waals surface area contributed by atoms with Gasteiger partial charge in [-0.1, -0.05) is 0 Å². The Morgan fingerprint density at radius 1 is 1.46 bits per heavy atom. The molecule has 1 fully saturated rings. The van der Waals surface area contributed by atoms with E-state index in [4.69, 9.17) is 27.2 Å². The standard InChI is InChI=1S/C9H11F2N3O4.C5H13ClN.ClH/c10-9(11)6(16)4(3-15)18-7(9)14-2-1-5(12)13-8(14)17;1-7(2,3)5-4-6;/h1-2,4,6-7,15-16H,3H2,(H2,12,13,17);4-5H2,1-3H3;1H/q;+1;/p-1/t4-,6-,7-;;/m1../s1. The lowest BCUT2D eigenvalue weighted by atomic mass is 10.1. The van der Waals surface area contributed by atoms with Crippen LogP contribution in [0.25, 0.3) is 0 Å². The van der Waals surface area contributed by atoms with E-state index in [9.17, 15) is 18.7 Å². The summed E-state index contributed by atoms with van der Waals surface area (Å²) in [5.74, 6) is -3.07. The Labute approximate surface area is 161 Å². The van der Waals surface area contributed by atoms with Gasteiger partial charge >= 0.3 is 11.6 Å². The quantitative estimate of drug-likeness (QED) is 0.346. The Bertz CT molecular complexity index is 628. The molecule has 152 valence electrons. The van der Waals surface area contributed by atoms with Crippen LogP contribution < -0.4 is 23.8 Å². The van der Waals surface area contributed by atoms with Gasteiger partial charge < -0.3 is 37.6 Å². The first kappa shape index (κ1) is 25.0. The fourth-order valence-electron chi connectivity index (χ4n) is 1.98. The van der Waals surface area contributed by atoms with E-state index in [0.717, 1.165) is 29.2 Å². The number of nitrogens with two attached hydrogens (primary N) is 1. The molecule has 26 heavy (non-hydrogen) atoms. The van der Waals surface area contributed by atoms with Gasteiger partial charge in [-0.3, -0.25) is 4.57 Å². The number of aliphatic hydroxyl groups excluding tert-OH is 2. The normalized spacial score (nSPS) is 24.4. The van der Waals surface area contributed by atoms with Crippen molar-refractivity contribution >= 4 is 17.4 Å². The first-order valence-electron chi connectivity index (χ1n) is 7.47. The molecule has 1 aromatic rings. The maximum atomic E-state index is 13.7. The van der Waals surface area contributed by atoms with Crippen molar-refractivity contribution in [2.75, 3.05) is 45.9 Å². The summed E-state index contributed by atoms with van der Waals surface area (Å²) in [5, 5.41) is 18.1. The zero-order chi connectivity index (χ0) is 19.4. The van der Waals surface area contributed by atoms with Crippen molar-refractivity contribution in [1.29, 1.82) is 0 Å². The molecule has 0 saturated carbocycles. The number of rotatable bonds is 4. The summed E-state index contributed by atoms with van der Waals surface area (Å²) in [6.45, 7) is 0.256. The molecule has 0 amide bonds. The molecule has 1 aromatic heterocycles. The van der Waals surface area contributed by atoms with E-state index in [1.54, 1.807) is 0 Å². The number of hydrogen-bond donors (Lipinski definition) is 3. The molecule has 2 rings (SSSR count). The fraction of sp³-hybridized carbons (Fsp3) is 0.714. The topological polar surface area (TPSA) is 111 Å². The molecule has 0 aliphatic carbocycles. The van der Waals surface area contributed by atoms with Crippen LogP contribution in [0, 0.1) is 0 Å². The lowest BCUT2D eigenvalue weighted by molar-refractivity contribution is -0.867. The molecule has 1 aliphatic heterocycles. The van der Waals surface area contributed by atoms with Crippen LogP contribution in [0.4, 0.5) is 14.6 Å². The molecule has 0 unspecified atom stereocenters. The number of nitrogen functional groups attached to an aromatic ring is 1. The van der Waals surface area contributed by atoms with Gasteiger partial charge in [-0.15, -0.1) is 11.6 Å². The summed E-state index contributed by atoms with van der Waals surface area (Å²) in [7, 11) is 6.38. The maximum Gasteiger partial charge on any atom is 0.351 e. The molecule has 3 atom stereocenters. The predicted molar refractivity (Wildman–Crippen MR) is 88.5 cm³/mol. The second-order valence-electron chi connectivity index (χ2n) is 6.57. The van der Waals surface area contributed by atoms with Crippen LogP contribution in [0.15, 0.2) is 17.1 Å². The number of aromatic nitrogens is 2. The molecular weight excluding hydrogens is 397 g/mol. The minimum absolute atomic E-state index is 0. The third-order valence-electron chi connectivity index (χ3n) is 3.42. The number of alkyl halides is 3. The van der Waals surface area contributed by atoms with E-state index in [-0.39, 0.29) is 18.2 Å². The third kappa shape index (κ3) is 6.29. The van der Waals surface area contributed by atoms with Crippen LogP contribution in [0.5, 0.6) is 0 Å². The number of aliphatic hydroxyl groups is 2. The van der Waals surface area contributed by atoms with Gasteiger partial charge in [0, 0.05) is 6.20 Å². The average molecular weight is 421 g/mol. The molecule has 0 radical (unpaired) electrons. The van der Waals surface area contributed by atoms with Gasteiger partial charge in [-0.25, -0.2) is 4.79 Å². The monoisotopic (exact) mass is 420 g/mol. The number of hydrogen-bond acceptors (Lipinski definition) is 6. The molecular formula is C14H24Cl2F2N4O4. The summed E-state index contributed by atoms with van der Waals surface area (Å²) in [4.78, 5) is 14.7. The minimum atomic E-state index is -3.71. The van der Waals surface area contributed by atoms with Gasteiger partial charge in [0.1, 0.15) is 11.9 Å². The second-order valence-corrected chi connectivity index (χ2v) is 6.95. The highest BCUT2D eigenvalue weighted by Crippen LogP contribution is 2.41. The molecule has 12 heteroatoms. The third-order valence-corrected chi connectivity index (χ3v) is 3.59. The van der Waals surface area contributed by atoms with Crippen LogP contribution in [0.3, 0.4) is 0 Å². The Kier molecular flexibility index (Phi) is 9.38. The predicted octanol–water partition coefficient (Wildman–Crippen LogP) is -3.35. The van der Waals surface area contributed by atoms with E-state index in [2.05, 4.69) is 26.1 Å². The highest BCUT2D eigenvalue weighted by molar-refractivity contribution is 6.17. The number of ether oxygens (including phenoxy) is 1. The fourth-order valence-corrected chi connectivity index (χ4v) is 2.48. The van der Waals surface area contributed by atoms with Crippen molar-refractivity contribution < 1.29 is 40.6 Å². The summed E-state index contributed by atoms with van der Waals surface area (Å²) in [5.41, 5.74) is 4.21. The second kappa shape index (κ2) is 9.77. The summed E-state index contributed by atoms with van der Waals surface area (Å²) in [6.07, 6.45) is -4.69. The smallest absolute Gasteiger partial charge is 0.351 e. The van der Waals surface area contributed by atoms with Gasteiger partial charge in [-0.05, 0) is 6.07 Å². The lowest BCUT2D eigenvalue weighted by Gasteiger charge is -2.21. The lowest BCUT2D eigenvalue weighted by Crippen LogP contribution is -3.00. The highest BCUT2D eigenvalue weighted by Gasteiger charge is 2.59. The highest BCUT2D eigenvalue weighted by atomic mass is 35.5. The van der Waals surface area contributed by atoms with Crippen molar-refractivity contribution in [2.45, 2.75) is 24.4 Å². The summed E-state index contributed by atoms with van der Waals surface area (Å²) in [6, 6.07) is 1.15. The SMILES string of the molecule is C[N+](C)(C)CCCl.Nc1ccn([C@@H]2O[C@H](CO)[C@@H](O)C2(F)F)c(=O)n1.[Cl-]. The van der Waals surface area contributed by atoms with Gasteiger partial charge in [0.2, 0.25) is 6.23 Å². The first-order chi connectivity index (χ1) is 11.4. The maximum absolute atomic E-state index is 13.7. The molecule has 0 aromatic carbocycles. The van der Waals surface area contributed by atoms with Crippen LogP contribution >= 0.6 is 11.6 Å². The first-order valence-corrected chi connectivity index (χ1v) is 8.00. The van der Waals surface area contributed by atoms with Crippen molar-refractivity contribution in [3.8, 4) is 0 Å². The van der Waals surface area contributed by atoms with E-state index < -0.39 is 36.7 Å². The molecule has 8 nitrogen and oxygen atoms in total. The average Bonchev–Trinajstić information content (AvgIpc) is 2.70. The molecule has 0 spiro atoms. The van der Waals surface area contributed by atoms with E-state index >= 15 is 0 Å². The van der Waals surface area contributed by atoms with Crippen molar-refractivity contribution in [1.82, 2.24) is 9.55 Å². The van der Waals surface area contributed by atoms with Crippen LogP contribution in [0.1, 0.15) is 6.23 Å². The Balaban J connectivity index is 0.000000673. The van der Waals surface area contributed by atoms with Gasteiger partial charge in [-0.2, -0.15) is 13.8 Å². The summed E-state index contributed by atoms with van der Waals surface area (Å²) < 4.78 is 33.7. The van der Waals surface area contributed by atoms with E-state index in [0.29, 0.717) is 4.57 Å². The number of quaternary nitrogens is 1. The molecule has 4 N–H and O–H groups in total. The molecule has 0 bridgehead atoms. The number of halogens is 4. The van der Waals surface area contributed by atoms with E-state index in [1.807, 2.05) is 0 Å². The molecule has 2 heterocycles. The van der Waals surface area contributed by atoms with Gasteiger partial charge in [0.25, 0.3) is 0 Å². The van der Waals surface area contributed by atoms with Crippen molar-refractivity contribution in [2.24, 2.45) is 0 Å². The number of anilines is 1. The van der Waals surface area contributed by atoms with Crippen LogP contribution in [-0.4, -0.2) is 82.6 Å². The number of nitrogens with zero attached hydrogens (tertiary/aromatic N) is 3. The Hall–Kier alpha value is -1.04. The van der Waals surface area contributed by atoms with Gasteiger partial charge in [0.15, 0.2) is 6.10 Å². The zero-order valence-corrected chi connectivity index (χ0v) is 16.2. The largest absolute Gasteiger partial charge is 1.00 e. The van der Waals surface area contributed by atoms with Crippen LogP contribution in [0.2, 0.25) is 0 Å². The molecule has 1 saturated heterocycles. The van der Waals surface area contributed by atoms with Crippen molar-refractivity contribution in [3.63, 3.8) is 0 Å². The minimum Gasteiger partial charge on any atom is -1.00 e. The molecule has 1 aliphatic rings. The van der Waals surface area contributed by atoms with E-state index in [1.165, 1.54) is 0 Å². The van der Waals surface area contributed by atoms with Crippen molar-refractivity contribution in [3.05, 3.63) is 22.7 Å². The Morgan fingerprint density at radius 3 is 2.38 bits per heavy atom. The van der Waals surface area contributed by atoms with Gasteiger partial charge in [0.05, 0.1) is 40.2 Å². The summed E-state index contributed by atoms with van der Waals surface area (Å²) >= 11 is 5.47. The Morgan fingerprint density at radius 2 is 2.04 bits per heavy atom. The van der Waals surface area contributed by atoms with Crippen LogP contribution in [-0.2, 0) is 4.74 Å². The zero-order valence-electron chi connectivity index (χ0n) is 14.6.